The number of hydrogen-bond donors (Lipinski definition) is 2. The van der Waals surface area contributed by atoms with Crippen LogP contribution in [0.3, 0.4) is 0 Å². The molecule has 1 heterocycles. The largest absolute Gasteiger partial charge is 0.422 e. The highest BCUT2D eigenvalue weighted by Gasteiger charge is 2.12. The summed E-state index contributed by atoms with van der Waals surface area (Å²) in [4.78, 5) is 37.0. The van der Waals surface area contributed by atoms with Crippen LogP contribution in [0.5, 0.6) is 0 Å². The summed E-state index contributed by atoms with van der Waals surface area (Å²) >= 11 is 0. The Morgan fingerprint density at radius 2 is 1.50 bits per heavy atom. The minimum atomic E-state index is -0.458. The molecule has 32 heavy (non-hydrogen) atoms. The number of fused-ring (bicyclic) bond motifs is 1. The van der Waals surface area contributed by atoms with E-state index in [1.165, 1.54) is 0 Å². The van der Waals surface area contributed by atoms with Gasteiger partial charge in [0.25, 0.3) is 5.91 Å². The molecule has 0 spiro atoms. The average Bonchev–Trinajstić information content (AvgIpc) is 2.80. The Morgan fingerprint density at radius 1 is 0.812 bits per heavy atom. The molecule has 0 atom stereocenters. The quantitative estimate of drug-likeness (QED) is 0.424. The number of amides is 2. The number of rotatable bonds is 5. The van der Waals surface area contributed by atoms with Gasteiger partial charge in [0.15, 0.2) is 0 Å². The number of hydrogen-bond acceptors (Lipinski definition) is 4. The van der Waals surface area contributed by atoms with Crippen LogP contribution in [0.25, 0.3) is 22.1 Å². The number of benzene rings is 3. The van der Waals surface area contributed by atoms with E-state index in [4.69, 9.17) is 4.42 Å². The maximum Gasteiger partial charge on any atom is 0.344 e. The van der Waals surface area contributed by atoms with Crippen LogP contribution in [-0.4, -0.2) is 11.8 Å². The zero-order chi connectivity index (χ0) is 22.7. The van der Waals surface area contributed by atoms with Crippen LogP contribution in [0, 0.1) is 5.92 Å². The SMILES string of the molecule is CC(C)C(=O)Nc1ccc(NC(=O)c2cccc(-c3cc4ccccc4oc3=O)c2)cc1. The first kappa shape index (κ1) is 21.1. The number of nitrogens with one attached hydrogen (secondary N) is 2. The number of para-hydroxylation sites is 1. The number of anilines is 2. The molecule has 1 aromatic heterocycles. The van der Waals surface area contributed by atoms with Gasteiger partial charge in [0.2, 0.25) is 5.91 Å². The predicted molar refractivity (Wildman–Crippen MR) is 126 cm³/mol. The number of carbonyl (C=O) groups excluding carboxylic acids is 2. The van der Waals surface area contributed by atoms with E-state index in [2.05, 4.69) is 10.6 Å². The molecular weight excluding hydrogens is 404 g/mol. The first-order valence-corrected chi connectivity index (χ1v) is 10.3. The monoisotopic (exact) mass is 426 g/mol. The van der Waals surface area contributed by atoms with E-state index in [9.17, 15) is 14.4 Å². The van der Waals surface area contributed by atoms with Crippen LogP contribution in [0.15, 0.2) is 88.1 Å². The van der Waals surface area contributed by atoms with Crippen molar-refractivity contribution in [1.29, 1.82) is 0 Å². The molecule has 6 heteroatoms. The molecule has 0 aliphatic heterocycles. The molecule has 0 saturated heterocycles. The van der Waals surface area contributed by atoms with E-state index >= 15 is 0 Å². The molecule has 2 N–H and O–H groups in total. The van der Waals surface area contributed by atoms with Crippen LogP contribution >= 0.6 is 0 Å². The van der Waals surface area contributed by atoms with Crippen LogP contribution in [-0.2, 0) is 4.79 Å². The lowest BCUT2D eigenvalue weighted by Crippen LogP contribution is -2.17. The van der Waals surface area contributed by atoms with E-state index in [1.807, 2.05) is 26.0 Å². The molecular formula is C26H22N2O4. The molecule has 0 aliphatic carbocycles. The summed E-state index contributed by atoms with van der Waals surface area (Å²) in [5.74, 6) is -0.501. The fourth-order valence-electron chi connectivity index (χ4n) is 3.22. The van der Waals surface area contributed by atoms with Crippen molar-refractivity contribution in [3.8, 4) is 11.1 Å². The molecule has 0 unspecified atom stereocenters. The van der Waals surface area contributed by atoms with E-state index in [0.717, 1.165) is 5.39 Å². The van der Waals surface area contributed by atoms with Gasteiger partial charge in [-0.3, -0.25) is 9.59 Å². The van der Waals surface area contributed by atoms with Gasteiger partial charge in [-0.1, -0.05) is 44.2 Å². The van der Waals surface area contributed by atoms with Gasteiger partial charge in [-0.05, 0) is 54.1 Å². The predicted octanol–water partition coefficient (Wildman–Crippen LogP) is 5.31. The maximum atomic E-state index is 12.8. The molecule has 4 rings (SSSR count). The minimum Gasteiger partial charge on any atom is -0.422 e. The second kappa shape index (κ2) is 8.89. The van der Waals surface area contributed by atoms with Crippen molar-refractivity contribution in [2.24, 2.45) is 5.92 Å². The molecule has 160 valence electrons. The molecule has 4 aromatic rings. The van der Waals surface area contributed by atoms with Crippen LogP contribution in [0.2, 0.25) is 0 Å². The highest BCUT2D eigenvalue weighted by Crippen LogP contribution is 2.23. The fraction of sp³-hybridized carbons (Fsp3) is 0.115. The first-order valence-electron chi connectivity index (χ1n) is 10.3. The molecule has 6 nitrogen and oxygen atoms in total. The lowest BCUT2D eigenvalue weighted by atomic mass is 10.0. The Hall–Kier alpha value is -4.19. The van der Waals surface area contributed by atoms with Crippen molar-refractivity contribution in [2.75, 3.05) is 10.6 Å². The van der Waals surface area contributed by atoms with Crippen molar-refractivity contribution >= 4 is 34.2 Å². The van der Waals surface area contributed by atoms with Crippen molar-refractivity contribution in [2.45, 2.75) is 13.8 Å². The second-order valence-corrected chi connectivity index (χ2v) is 7.74. The summed E-state index contributed by atoms with van der Waals surface area (Å²) < 4.78 is 5.41. The number of carbonyl (C=O) groups is 2. The minimum absolute atomic E-state index is 0.0724. The van der Waals surface area contributed by atoms with E-state index in [1.54, 1.807) is 66.7 Å². The topological polar surface area (TPSA) is 88.4 Å². The first-order chi connectivity index (χ1) is 15.4. The Morgan fingerprint density at radius 3 is 2.22 bits per heavy atom. The molecule has 0 aliphatic rings. The molecule has 0 bridgehead atoms. The summed E-state index contributed by atoms with van der Waals surface area (Å²) in [6, 6.07) is 22.8. The van der Waals surface area contributed by atoms with Gasteiger partial charge in [0, 0.05) is 28.2 Å². The average molecular weight is 426 g/mol. The lowest BCUT2D eigenvalue weighted by molar-refractivity contribution is -0.118. The van der Waals surface area contributed by atoms with Crippen molar-refractivity contribution in [3.63, 3.8) is 0 Å². The summed E-state index contributed by atoms with van der Waals surface area (Å²) in [5, 5.41) is 6.45. The standard InChI is InChI=1S/C26H22N2O4/c1-16(2)24(29)27-20-10-12-21(13-11-20)28-25(30)19-8-5-7-17(14-19)22-15-18-6-3-4-9-23(18)32-26(22)31/h3-16H,1-2H3,(H,27,29)(H,28,30). The summed E-state index contributed by atoms with van der Waals surface area (Å²) in [6.07, 6.45) is 0. The van der Waals surface area contributed by atoms with Crippen molar-refractivity contribution in [1.82, 2.24) is 0 Å². The molecule has 0 radical (unpaired) electrons. The molecule has 0 saturated carbocycles. The van der Waals surface area contributed by atoms with Crippen LogP contribution in [0.4, 0.5) is 11.4 Å². The Bertz CT molecular complexity index is 1350. The van der Waals surface area contributed by atoms with Crippen molar-refractivity contribution in [3.05, 3.63) is 94.8 Å². The maximum absolute atomic E-state index is 12.8. The molecule has 0 fully saturated rings. The zero-order valence-electron chi connectivity index (χ0n) is 17.7. The van der Waals surface area contributed by atoms with Crippen LogP contribution < -0.4 is 16.3 Å². The van der Waals surface area contributed by atoms with Gasteiger partial charge < -0.3 is 15.1 Å². The van der Waals surface area contributed by atoms with Crippen LogP contribution in [0.1, 0.15) is 24.2 Å². The van der Waals surface area contributed by atoms with Gasteiger partial charge >= 0.3 is 5.63 Å². The Labute approximate surface area is 184 Å². The van der Waals surface area contributed by atoms with Crippen molar-refractivity contribution < 1.29 is 14.0 Å². The zero-order valence-corrected chi connectivity index (χ0v) is 17.7. The van der Waals surface area contributed by atoms with E-state index in [0.29, 0.717) is 33.6 Å². The van der Waals surface area contributed by atoms with Gasteiger partial charge in [-0.2, -0.15) is 0 Å². The highest BCUT2D eigenvalue weighted by atomic mass is 16.4. The van der Waals surface area contributed by atoms with E-state index in [-0.39, 0.29) is 17.7 Å². The van der Waals surface area contributed by atoms with E-state index < -0.39 is 5.63 Å². The Kier molecular flexibility index (Phi) is 5.85. The summed E-state index contributed by atoms with van der Waals surface area (Å²) in [5.41, 5.74) is 2.71. The third kappa shape index (κ3) is 4.59. The lowest BCUT2D eigenvalue weighted by Gasteiger charge is -2.10. The second-order valence-electron chi connectivity index (χ2n) is 7.74. The summed E-state index contributed by atoms with van der Waals surface area (Å²) in [7, 11) is 0. The smallest absolute Gasteiger partial charge is 0.344 e. The van der Waals surface area contributed by atoms with Gasteiger partial charge in [-0.25, -0.2) is 4.79 Å². The third-order valence-corrected chi connectivity index (χ3v) is 5.01. The normalized spacial score (nSPS) is 10.8. The molecule has 3 aromatic carbocycles. The highest BCUT2D eigenvalue weighted by molar-refractivity contribution is 6.05. The fourth-order valence-corrected chi connectivity index (χ4v) is 3.22. The molecule has 2 amide bonds. The Balaban J connectivity index is 1.54. The van der Waals surface area contributed by atoms with Gasteiger partial charge in [0.1, 0.15) is 5.58 Å². The summed E-state index contributed by atoms with van der Waals surface area (Å²) in [6.45, 7) is 3.64. The third-order valence-electron chi connectivity index (χ3n) is 5.01. The van der Waals surface area contributed by atoms with Gasteiger partial charge in [-0.15, -0.1) is 0 Å². The van der Waals surface area contributed by atoms with Gasteiger partial charge in [0.05, 0.1) is 5.56 Å².